The first kappa shape index (κ1) is 20.4. The Morgan fingerprint density at radius 1 is 1.17 bits per heavy atom. The van der Waals surface area contributed by atoms with Gasteiger partial charge in [0.1, 0.15) is 11.4 Å². The van der Waals surface area contributed by atoms with E-state index in [4.69, 9.17) is 21.1 Å². The summed E-state index contributed by atoms with van der Waals surface area (Å²) in [4.78, 5) is 15.1. The number of benzene rings is 2. The zero-order valence-corrected chi connectivity index (χ0v) is 17.8. The number of carbonyl (C=O) groups is 1. The van der Waals surface area contributed by atoms with Crippen LogP contribution in [0.4, 0.5) is 0 Å². The summed E-state index contributed by atoms with van der Waals surface area (Å²) in [6.07, 6.45) is 0.735. The monoisotopic (exact) mass is 425 g/mol. The predicted molar refractivity (Wildman–Crippen MR) is 116 cm³/mol. The highest BCUT2D eigenvalue weighted by molar-refractivity contribution is 6.31. The number of H-pyrrole nitrogens is 1. The second kappa shape index (κ2) is 8.90. The standard InChI is InChI=1S/C23H24ClN3O3/c1-3-30-16-11-9-15(10-12-16)20-19-21(26-25-20)23(28)27(13-6-14-29-2)22(19)17-7-4-5-8-18(17)24/h4-5,7-12,22H,3,6,13-14H2,1-2H3,(H,25,26). The number of aromatic amines is 1. The summed E-state index contributed by atoms with van der Waals surface area (Å²) in [7, 11) is 1.66. The second-order valence-electron chi connectivity index (χ2n) is 7.09. The van der Waals surface area contributed by atoms with Gasteiger partial charge in [0.2, 0.25) is 0 Å². The van der Waals surface area contributed by atoms with Gasteiger partial charge in [-0.2, -0.15) is 5.10 Å². The van der Waals surface area contributed by atoms with E-state index in [-0.39, 0.29) is 11.9 Å². The lowest BCUT2D eigenvalue weighted by Crippen LogP contribution is -2.31. The molecule has 1 aliphatic rings. The van der Waals surface area contributed by atoms with Crippen molar-refractivity contribution in [2.45, 2.75) is 19.4 Å². The van der Waals surface area contributed by atoms with Crippen molar-refractivity contribution in [1.29, 1.82) is 0 Å². The number of carbonyl (C=O) groups excluding carboxylic acids is 1. The molecule has 30 heavy (non-hydrogen) atoms. The molecule has 2 aromatic carbocycles. The van der Waals surface area contributed by atoms with Crippen LogP contribution in [0.25, 0.3) is 11.3 Å². The molecule has 0 aliphatic carbocycles. The van der Waals surface area contributed by atoms with Gasteiger partial charge in [0.05, 0.1) is 18.3 Å². The molecule has 1 atom stereocenters. The van der Waals surface area contributed by atoms with Crippen LogP contribution < -0.4 is 4.74 Å². The van der Waals surface area contributed by atoms with E-state index in [1.807, 2.05) is 60.4 Å². The molecule has 0 bridgehead atoms. The van der Waals surface area contributed by atoms with E-state index in [9.17, 15) is 4.79 Å². The van der Waals surface area contributed by atoms with Crippen LogP contribution in [-0.2, 0) is 4.74 Å². The Labute approximate surface area is 180 Å². The number of hydrogen-bond acceptors (Lipinski definition) is 4. The Morgan fingerprint density at radius 3 is 2.63 bits per heavy atom. The van der Waals surface area contributed by atoms with Crippen molar-refractivity contribution in [3.8, 4) is 17.0 Å². The van der Waals surface area contributed by atoms with Crippen molar-refractivity contribution < 1.29 is 14.3 Å². The molecule has 6 nitrogen and oxygen atoms in total. The third kappa shape index (κ3) is 3.68. The Balaban J connectivity index is 1.78. The van der Waals surface area contributed by atoms with Crippen LogP contribution in [0.5, 0.6) is 5.75 Å². The summed E-state index contributed by atoms with van der Waals surface area (Å²) in [5.41, 5.74) is 3.92. The fourth-order valence-electron chi connectivity index (χ4n) is 3.92. The van der Waals surface area contributed by atoms with Gasteiger partial charge in [0, 0.05) is 36.4 Å². The van der Waals surface area contributed by atoms with E-state index in [0.717, 1.165) is 34.6 Å². The molecule has 0 radical (unpaired) electrons. The largest absolute Gasteiger partial charge is 0.494 e. The average molecular weight is 426 g/mol. The molecule has 2 heterocycles. The van der Waals surface area contributed by atoms with E-state index in [1.165, 1.54) is 0 Å². The van der Waals surface area contributed by atoms with Crippen LogP contribution in [0.1, 0.15) is 41.0 Å². The van der Waals surface area contributed by atoms with Crippen molar-refractivity contribution in [3.05, 3.63) is 70.4 Å². The molecule has 1 unspecified atom stereocenters. The van der Waals surface area contributed by atoms with Crippen LogP contribution in [-0.4, -0.2) is 47.9 Å². The number of methoxy groups -OCH3 is 1. The van der Waals surface area contributed by atoms with E-state index >= 15 is 0 Å². The molecule has 4 rings (SSSR count). The first-order valence-corrected chi connectivity index (χ1v) is 10.4. The summed E-state index contributed by atoms with van der Waals surface area (Å²) in [6, 6.07) is 15.1. The van der Waals surface area contributed by atoms with Gasteiger partial charge in [-0.3, -0.25) is 9.89 Å². The van der Waals surface area contributed by atoms with Crippen LogP contribution in [0.15, 0.2) is 48.5 Å². The molecular weight excluding hydrogens is 402 g/mol. The lowest BCUT2D eigenvalue weighted by atomic mass is 9.96. The number of rotatable bonds is 8. The molecule has 1 amide bonds. The number of halogens is 1. The van der Waals surface area contributed by atoms with Crippen molar-refractivity contribution in [1.82, 2.24) is 15.1 Å². The fourth-order valence-corrected chi connectivity index (χ4v) is 4.16. The molecule has 1 N–H and O–H groups in total. The molecule has 1 aliphatic heterocycles. The van der Waals surface area contributed by atoms with Gasteiger partial charge in [-0.1, -0.05) is 29.8 Å². The highest BCUT2D eigenvalue weighted by atomic mass is 35.5. The number of hydrogen-bond donors (Lipinski definition) is 1. The maximum Gasteiger partial charge on any atom is 0.273 e. The molecule has 0 spiro atoms. The quantitative estimate of drug-likeness (QED) is 0.531. The normalized spacial score (nSPS) is 15.5. The zero-order chi connectivity index (χ0) is 21.1. The van der Waals surface area contributed by atoms with Gasteiger partial charge < -0.3 is 14.4 Å². The fraction of sp³-hybridized carbons (Fsp3) is 0.304. The molecule has 0 saturated heterocycles. The third-order valence-electron chi connectivity index (χ3n) is 5.25. The van der Waals surface area contributed by atoms with Crippen molar-refractivity contribution in [2.75, 3.05) is 26.9 Å². The van der Waals surface area contributed by atoms with E-state index in [2.05, 4.69) is 10.2 Å². The van der Waals surface area contributed by atoms with Crippen LogP contribution in [0.2, 0.25) is 5.02 Å². The molecule has 0 saturated carbocycles. The SMILES string of the molecule is CCOc1ccc(-c2n[nH]c3c2C(c2ccccc2Cl)N(CCCOC)C3=O)cc1. The first-order valence-electron chi connectivity index (χ1n) is 10.0. The summed E-state index contributed by atoms with van der Waals surface area (Å²) in [5, 5.41) is 8.08. The number of fused-ring (bicyclic) bond motifs is 1. The number of amides is 1. The maximum absolute atomic E-state index is 13.2. The summed E-state index contributed by atoms with van der Waals surface area (Å²) >= 11 is 6.56. The van der Waals surface area contributed by atoms with E-state index in [0.29, 0.717) is 30.5 Å². The van der Waals surface area contributed by atoms with Gasteiger partial charge in [-0.25, -0.2) is 0 Å². The van der Waals surface area contributed by atoms with Gasteiger partial charge in [-0.15, -0.1) is 0 Å². The topological polar surface area (TPSA) is 67.4 Å². The molecular formula is C23H24ClN3O3. The smallest absolute Gasteiger partial charge is 0.273 e. The van der Waals surface area contributed by atoms with E-state index in [1.54, 1.807) is 7.11 Å². The Kier molecular flexibility index (Phi) is 6.06. The third-order valence-corrected chi connectivity index (χ3v) is 5.59. The Morgan fingerprint density at radius 2 is 1.93 bits per heavy atom. The number of nitrogens with zero attached hydrogens (tertiary/aromatic N) is 2. The van der Waals surface area contributed by atoms with Crippen LogP contribution in [0, 0.1) is 0 Å². The van der Waals surface area contributed by atoms with Gasteiger partial charge in [0.15, 0.2) is 0 Å². The highest BCUT2D eigenvalue weighted by Gasteiger charge is 2.42. The lowest BCUT2D eigenvalue weighted by Gasteiger charge is -2.27. The van der Waals surface area contributed by atoms with Gasteiger partial charge >= 0.3 is 0 Å². The first-order chi connectivity index (χ1) is 14.7. The van der Waals surface area contributed by atoms with Gasteiger partial charge in [-0.05, 0) is 49.2 Å². The molecule has 3 aromatic rings. The lowest BCUT2D eigenvalue weighted by molar-refractivity contribution is 0.0723. The van der Waals surface area contributed by atoms with Gasteiger partial charge in [0.25, 0.3) is 5.91 Å². The summed E-state index contributed by atoms with van der Waals surface area (Å²) in [5.74, 6) is 0.726. The Bertz CT molecular complexity index is 1030. The van der Waals surface area contributed by atoms with Crippen molar-refractivity contribution >= 4 is 17.5 Å². The minimum absolute atomic E-state index is 0.0734. The molecule has 1 aromatic heterocycles. The van der Waals surface area contributed by atoms with Crippen molar-refractivity contribution in [3.63, 3.8) is 0 Å². The molecule has 0 fully saturated rings. The summed E-state index contributed by atoms with van der Waals surface area (Å²) < 4.78 is 10.7. The second-order valence-corrected chi connectivity index (χ2v) is 7.49. The highest BCUT2D eigenvalue weighted by Crippen LogP contribution is 2.44. The van der Waals surface area contributed by atoms with E-state index < -0.39 is 0 Å². The predicted octanol–water partition coefficient (Wildman–Crippen LogP) is 4.71. The Hall–Kier alpha value is -2.83. The zero-order valence-electron chi connectivity index (χ0n) is 17.0. The van der Waals surface area contributed by atoms with Crippen LogP contribution >= 0.6 is 11.6 Å². The minimum Gasteiger partial charge on any atom is -0.494 e. The number of nitrogens with one attached hydrogen (secondary N) is 1. The van der Waals surface area contributed by atoms with Crippen molar-refractivity contribution in [2.24, 2.45) is 0 Å². The molecule has 156 valence electrons. The number of aromatic nitrogens is 2. The minimum atomic E-state index is -0.307. The summed E-state index contributed by atoms with van der Waals surface area (Å²) in [6.45, 7) is 3.70. The number of ether oxygens (including phenoxy) is 2. The molecule has 7 heteroatoms. The van der Waals surface area contributed by atoms with Crippen LogP contribution in [0.3, 0.4) is 0 Å². The average Bonchev–Trinajstić information content (AvgIpc) is 3.29. The maximum atomic E-state index is 13.2.